The summed E-state index contributed by atoms with van der Waals surface area (Å²) in [4.78, 5) is 22.4. The average Bonchev–Trinajstić information content (AvgIpc) is 2.38. The molecule has 0 saturated carbocycles. The van der Waals surface area contributed by atoms with Crippen molar-refractivity contribution in [3.63, 3.8) is 0 Å². The summed E-state index contributed by atoms with van der Waals surface area (Å²) in [7, 11) is 0. The molecular formula is C10H16N6O2. The number of nitrogens with two attached hydrogens (primary N) is 1. The monoisotopic (exact) mass is 252 g/mol. The predicted molar refractivity (Wildman–Crippen MR) is 67.4 cm³/mol. The van der Waals surface area contributed by atoms with Crippen molar-refractivity contribution in [2.75, 3.05) is 43.4 Å². The fourth-order valence-corrected chi connectivity index (χ4v) is 1.94. The lowest BCUT2D eigenvalue weighted by molar-refractivity contribution is -0.384. The fraction of sp³-hybridized carbons (Fsp3) is 0.600. The van der Waals surface area contributed by atoms with E-state index in [9.17, 15) is 10.1 Å². The molecule has 8 heteroatoms. The zero-order valence-corrected chi connectivity index (χ0v) is 10.2. The molecular weight excluding hydrogens is 236 g/mol. The molecule has 1 fully saturated rings. The molecule has 2 N–H and O–H groups in total. The Kier molecular flexibility index (Phi) is 3.56. The molecule has 0 aliphatic carbocycles. The van der Waals surface area contributed by atoms with Crippen molar-refractivity contribution in [1.82, 2.24) is 14.9 Å². The van der Waals surface area contributed by atoms with Crippen LogP contribution >= 0.6 is 0 Å². The Morgan fingerprint density at radius 3 is 2.61 bits per heavy atom. The van der Waals surface area contributed by atoms with Gasteiger partial charge in [-0.3, -0.25) is 10.1 Å². The Morgan fingerprint density at radius 2 is 2.11 bits per heavy atom. The van der Waals surface area contributed by atoms with Gasteiger partial charge in [-0.15, -0.1) is 0 Å². The van der Waals surface area contributed by atoms with E-state index in [4.69, 9.17) is 5.73 Å². The molecule has 0 unspecified atom stereocenters. The summed E-state index contributed by atoms with van der Waals surface area (Å²) in [5.41, 5.74) is 5.31. The summed E-state index contributed by atoms with van der Waals surface area (Å²) < 4.78 is 0. The molecule has 2 rings (SSSR count). The van der Waals surface area contributed by atoms with Crippen molar-refractivity contribution in [3.8, 4) is 0 Å². The molecule has 2 heterocycles. The van der Waals surface area contributed by atoms with Crippen LogP contribution in [0.2, 0.25) is 0 Å². The Hall–Kier alpha value is -1.96. The van der Waals surface area contributed by atoms with Crippen LogP contribution in [0.5, 0.6) is 0 Å². The van der Waals surface area contributed by atoms with Gasteiger partial charge >= 0.3 is 5.69 Å². The Labute approximate surface area is 105 Å². The Balaban J connectivity index is 2.11. The zero-order chi connectivity index (χ0) is 13.1. The van der Waals surface area contributed by atoms with E-state index in [0.29, 0.717) is 5.95 Å². The summed E-state index contributed by atoms with van der Waals surface area (Å²) in [6.07, 6.45) is 1.17. The lowest BCUT2D eigenvalue weighted by Gasteiger charge is -2.33. The van der Waals surface area contributed by atoms with Crippen LogP contribution in [0, 0.1) is 10.1 Å². The number of hydrogen-bond acceptors (Lipinski definition) is 7. The summed E-state index contributed by atoms with van der Waals surface area (Å²) >= 11 is 0. The molecule has 8 nitrogen and oxygen atoms in total. The third-order valence-electron chi connectivity index (χ3n) is 3.08. The highest BCUT2D eigenvalue weighted by Crippen LogP contribution is 2.20. The van der Waals surface area contributed by atoms with Crippen LogP contribution in [0.4, 0.5) is 17.5 Å². The number of anilines is 2. The predicted octanol–water partition coefficient (Wildman–Crippen LogP) is 0.109. The smallest absolute Gasteiger partial charge is 0.329 e. The fourth-order valence-electron chi connectivity index (χ4n) is 1.94. The Morgan fingerprint density at radius 1 is 1.44 bits per heavy atom. The number of nitrogens with zero attached hydrogens (tertiary/aromatic N) is 5. The first-order valence-electron chi connectivity index (χ1n) is 5.86. The van der Waals surface area contributed by atoms with Crippen LogP contribution in [0.15, 0.2) is 6.20 Å². The minimum absolute atomic E-state index is 0.0806. The van der Waals surface area contributed by atoms with E-state index >= 15 is 0 Å². The number of likely N-dealkylation sites (N-methyl/N-ethyl adjacent to an activating group) is 1. The van der Waals surface area contributed by atoms with Gasteiger partial charge in [0.2, 0.25) is 11.8 Å². The number of hydrogen-bond donors (Lipinski definition) is 1. The first-order valence-corrected chi connectivity index (χ1v) is 5.86. The second kappa shape index (κ2) is 5.13. The molecule has 0 radical (unpaired) electrons. The SMILES string of the molecule is CCN1CCN(c2ncc([N+](=O)[O-])c(N)n2)CC1. The highest BCUT2D eigenvalue weighted by Gasteiger charge is 2.20. The van der Waals surface area contributed by atoms with E-state index in [2.05, 4.69) is 21.8 Å². The van der Waals surface area contributed by atoms with Crippen molar-refractivity contribution in [2.24, 2.45) is 0 Å². The molecule has 0 spiro atoms. The number of aromatic nitrogens is 2. The van der Waals surface area contributed by atoms with E-state index in [1.54, 1.807) is 0 Å². The van der Waals surface area contributed by atoms with Crippen LogP contribution in [0.3, 0.4) is 0 Å². The maximum Gasteiger partial charge on any atom is 0.329 e. The summed E-state index contributed by atoms with van der Waals surface area (Å²) in [5.74, 6) is 0.386. The van der Waals surface area contributed by atoms with E-state index in [1.165, 1.54) is 6.20 Å². The van der Waals surface area contributed by atoms with Gasteiger partial charge in [-0.25, -0.2) is 4.98 Å². The summed E-state index contributed by atoms with van der Waals surface area (Å²) in [6, 6.07) is 0. The van der Waals surface area contributed by atoms with E-state index in [-0.39, 0.29) is 11.5 Å². The molecule has 0 aromatic carbocycles. The number of piperazine rings is 1. The Bertz CT molecular complexity index is 444. The molecule has 0 amide bonds. The van der Waals surface area contributed by atoms with Crippen LogP contribution < -0.4 is 10.6 Å². The van der Waals surface area contributed by atoms with Gasteiger partial charge in [0.1, 0.15) is 6.20 Å². The number of nitrogen functional groups attached to an aromatic ring is 1. The van der Waals surface area contributed by atoms with Crippen LogP contribution in [0.25, 0.3) is 0 Å². The molecule has 98 valence electrons. The molecule has 0 bridgehead atoms. The van der Waals surface area contributed by atoms with Crippen molar-refractivity contribution in [1.29, 1.82) is 0 Å². The molecule has 0 atom stereocenters. The topological polar surface area (TPSA) is 101 Å². The minimum atomic E-state index is -0.575. The normalized spacial score (nSPS) is 16.8. The highest BCUT2D eigenvalue weighted by atomic mass is 16.6. The largest absolute Gasteiger partial charge is 0.378 e. The standard InChI is InChI=1S/C10H16N6O2/c1-2-14-3-5-15(6-4-14)10-12-7-8(16(17)18)9(11)13-10/h7H,2-6H2,1H3,(H2,11,12,13). The molecule has 1 aliphatic heterocycles. The minimum Gasteiger partial charge on any atom is -0.378 e. The maximum atomic E-state index is 10.6. The molecule has 1 aromatic rings. The van der Waals surface area contributed by atoms with E-state index in [0.717, 1.165) is 32.7 Å². The highest BCUT2D eigenvalue weighted by molar-refractivity contribution is 5.53. The molecule has 1 aromatic heterocycles. The van der Waals surface area contributed by atoms with Crippen LogP contribution in [-0.2, 0) is 0 Å². The van der Waals surface area contributed by atoms with Crippen LogP contribution in [-0.4, -0.2) is 52.5 Å². The summed E-state index contributed by atoms with van der Waals surface area (Å²) in [6.45, 7) is 6.65. The average molecular weight is 252 g/mol. The maximum absolute atomic E-state index is 10.6. The third-order valence-corrected chi connectivity index (χ3v) is 3.08. The quantitative estimate of drug-likeness (QED) is 0.601. The van der Waals surface area contributed by atoms with Gasteiger partial charge in [-0.05, 0) is 6.54 Å². The van der Waals surface area contributed by atoms with Crippen molar-refractivity contribution in [2.45, 2.75) is 6.92 Å². The second-order valence-corrected chi connectivity index (χ2v) is 4.12. The van der Waals surface area contributed by atoms with Crippen molar-refractivity contribution in [3.05, 3.63) is 16.3 Å². The molecule has 1 saturated heterocycles. The van der Waals surface area contributed by atoms with Gasteiger partial charge in [0, 0.05) is 26.2 Å². The zero-order valence-electron chi connectivity index (χ0n) is 10.2. The molecule has 1 aliphatic rings. The third kappa shape index (κ3) is 2.48. The second-order valence-electron chi connectivity index (χ2n) is 4.12. The molecule has 18 heavy (non-hydrogen) atoms. The van der Waals surface area contributed by atoms with Crippen molar-refractivity contribution < 1.29 is 4.92 Å². The lowest BCUT2D eigenvalue weighted by atomic mass is 10.3. The number of nitro groups is 1. The first kappa shape index (κ1) is 12.5. The van der Waals surface area contributed by atoms with Gasteiger partial charge in [-0.2, -0.15) is 4.98 Å². The van der Waals surface area contributed by atoms with Crippen molar-refractivity contribution >= 4 is 17.5 Å². The van der Waals surface area contributed by atoms with Gasteiger partial charge in [0.15, 0.2) is 0 Å². The van der Waals surface area contributed by atoms with Gasteiger partial charge in [0.25, 0.3) is 0 Å². The first-order chi connectivity index (χ1) is 8.61. The summed E-state index contributed by atoms with van der Waals surface area (Å²) in [5, 5.41) is 10.6. The van der Waals surface area contributed by atoms with Crippen LogP contribution in [0.1, 0.15) is 6.92 Å². The van der Waals surface area contributed by atoms with E-state index < -0.39 is 4.92 Å². The van der Waals surface area contributed by atoms with E-state index in [1.807, 2.05) is 4.90 Å². The lowest BCUT2D eigenvalue weighted by Crippen LogP contribution is -2.46. The van der Waals surface area contributed by atoms with Gasteiger partial charge in [0.05, 0.1) is 4.92 Å². The number of rotatable bonds is 3. The van der Waals surface area contributed by atoms with Gasteiger partial charge in [-0.1, -0.05) is 6.92 Å². The van der Waals surface area contributed by atoms with Gasteiger partial charge < -0.3 is 15.5 Å².